The molecule has 0 bridgehead atoms. The first-order valence-corrected chi connectivity index (χ1v) is 7.38. The van der Waals surface area contributed by atoms with E-state index in [2.05, 4.69) is 10.6 Å². The van der Waals surface area contributed by atoms with Crippen molar-refractivity contribution in [3.8, 4) is 5.75 Å². The Bertz CT molecular complexity index is 690. The van der Waals surface area contributed by atoms with Gasteiger partial charge in [0.1, 0.15) is 5.75 Å². The lowest BCUT2D eigenvalue weighted by Crippen LogP contribution is -2.28. The van der Waals surface area contributed by atoms with Crippen LogP contribution in [-0.4, -0.2) is 13.1 Å². The average molecular weight is 339 g/mol. The Morgan fingerprint density at radius 3 is 2.64 bits per heavy atom. The molecule has 0 saturated carbocycles. The van der Waals surface area contributed by atoms with E-state index in [9.17, 15) is 4.79 Å². The van der Waals surface area contributed by atoms with Crippen LogP contribution in [0.15, 0.2) is 36.4 Å². The molecule has 4 nitrogen and oxygen atoms in total. The maximum absolute atomic E-state index is 12.0. The number of nitrogens with one attached hydrogen (secondary N) is 2. The molecule has 22 heavy (non-hydrogen) atoms. The summed E-state index contributed by atoms with van der Waals surface area (Å²) in [5.41, 5.74) is 2.43. The van der Waals surface area contributed by atoms with E-state index in [1.807, 2.05) is 25.1 Å². The van der Waals surface area contributed by atoms with E-state index < -0.39 is 0 Å². The minimum absolute atomic E-state index is 0.350. The highest BCUT2D eigenvalue weighted by atomic mass is 35.5. The van der Waals surface area contributed by atoms with Gasteiger partial charge in [0.25, 0.3) is 0 Å². The molecule has 0 aliphatic rings. The molecule has 0 unspecified atom stereocenters. The van der Waals surface area contributed by atoms with Gasteiger partial charge in [0, 0.05) is 16.6 Å². The summed E-state index contributed by atoms with van der Waals surface area (Å²) < 4.78 is 5.17. The van der Waals surface area contributed by atoms with Crippen molar-refractivity contribution >= 4 is 34.9 Å². The van der Waals surface area contributed by atoms with Crippen molar-refractivity contribution in [2.45, 2.75) is 13.5 Å². The van der Waals surface area contributed by atoms with E-state index in [0.717, 1.165) is 11.1 Å². The number of halogens is 2. The number of ether oxygens (including phenoxy) is 1. The molecule has 0 radical (unpaired) electrons. The van der Waals surface area contributed by atoms with Gasteiger partial charge in [-0.05, 0) is 42.3 Å². The Morgan fingerprint density at radius 2 is 1.95 bits per heavy atom. The molecule has 2 N–H and O–H groups in total. The standard InChI is InChI=1S/C16H16Cl2N2O2/c1-10-3-4-11(7-13(10)18)9-19-16(21)20-14-8-12(17)5-6-15(14)22-2/h3-8H,9H2,1-2H3,(H2,19,20,21). The third-order valence-corrected chi connectivity index (χ3v) is 3.74. The molecule has 0 spiro atoms. The van der Waals surface area contributed by atoms with Gasteiger partial charge in [0.05, 0.1) is 12.8 Å². The molecule has 6 heteroatoms. The summed E-state index contributed by atoms with van der Waals surface area (Å²) in [6.45, 7) is 2.30. The molecule has 0 fully saturated rings. The number of rotatable bonds is 4. The number of methoxy groups -OCH3 is 1. The van der Waals surface area contributed by atoms with Crippen LogP contribution >= 0.6 is 23.2 Å². The lowest BCUT2D eigenvalue weighted by Gasteiger charge is -2.12. The normalized spacial score (nSPS) is 10.2. The van der Waals surface area contributed by atoms with Crippen LogP contribution in [0.25, 0.3) is 0 Å². The number of hydrogen-bond acceptors (Lipinski definition) is 2. The largest absolute Gasteiger partial charge is 0.495 e. The summed E-state index contributed by atoms with van der Waals surface area (Å²) in [6.07, 6.45) is 0. The van der Waals surface area contributed by atoms with Gasteiger partial charge >= 0.3 is 6.03 Å². The van der Waals surface area contributed by atoms with Crippen LogP contribution in [0.4, 0.5) is 10.5 Å². The van der Waals surface area contributed by atoms with E-state index in [-0.39, 0.29) is 6.03 Å². The summed E-state index contributed by atoms with van der Waals surface area (Å²) in [5, 5.41) is 6.66. The summed E-state index contributed by atoms with van der Waals surface area (Å²) >= 11 is 12.0. The predicted octanol–water partition coefficient (Wildman–Crippen LogP) is 4.63. The van der Waals surface area contributed by atoms with E-state index in [4.69, 9.17) is 27.9 Å². The molecule has 0 heterocycles. The van der Waals surface area contributed by atoms with Crippen LogP contribution < -0.4 is 15.4 Å². The Labute approximate surface area is 139 Å². The Balaban J connectivity index is 1.98. The zero-order chi connectivity index (χ0) is 16.1. The third-order valence-electron chi connectivity index (χ3n) is 3.10. The highest BCUT2D eigenvalue weighted by Gasteiger charge is 2.08. The van der Waals surface area contributed by atoms with Gasteiger partial charge in [0.2, 0.25) is 0 Å². The second kappa shape index (κ2) is 7.38. The zero-order valence-electron chi connectivity index (χ0n) is 12.2. The lowest BCUT2D eigenvalue weighted by atomic mass is 10.1. The molecule has 2 aromatic rings. The fourth-order valence-corrected chi connectivity index (χ4v) is 2.25. The van der Waals surface area contributed by atoms with Crippen molar-refractivity contribution in [2.75, 3.05) is 12.4 Å². The van der Waals surface area contributed by atoms with Crippen LogP contribution in [-0.2, 0) is 6.54 Å². The number of carbonyl (C=O) groups excluding carboxylic acids is 1. The van der Waals surface area contributed by atoms with Crippen LogP contribution in [0.3, 0.4) is 0 Å². The molecular weight excluding hydrogens is 323 g/mol. The van der Waals surface area contributed by atoms with Crippen LogP contribution in [0.1, 0.15) is 11.1 Å². The van der Waals surface area contributed by atoms with Crippen molar-refractivity contribution in [3.63, 3.8) is 0 Å². The average Bonchev–Trinajstić information content (AvgIpc) is 2.49. The fourth-order valence-electron chi connectivity index (χ4n) is 1.87. The van der Waals surface area contributed by atoms with Crippen molar-refractivity contribution in [2.24, 2.45) is 0 Å². The summed E-state index contributed by atoms with van der Waals surface area (Å²) in [4.78, 5) is 12.0. The number of anilines is 1. The molecule has 116 valence electrons. The number of hydrogen-bond donors (Lipinski definition) is 2. The number of carbonyl (C=O) groups is 1. The predicted molar refractivity (Wildman–Crippen MR) is 90.1 cm³/mol. The highest BCUT2D eigenvalue weighted by molar-refractivity contribution is 6.31. The van der Waals surface area contributed by atoms with Crippen molar-refractivity contribution in [1.82, 2.24) is 5.32 Å². The minimum atomic E-state index is -0.350. The van der Waals surface area contributed by atoms with Crippen LogP contribution in [0.2, 0.25) is 10.0 Å². The monoisotopic (exact) mass is 338 g/mol. The lowest BCUT2D eigenvalue weighted by molar-refractivity contribution is 0.251. The number of urea groups is 1. The van der Waals surface area contributed by atoms with Crippen molar-refractivity contribution < 1.29 is 9.53 Å². The maximum atomic E-state index is 12.0. The van der Waals surface area contributed by atoms with E-state index in [1.165, 1.54) is 7.11 Å². The zero-order valence-corrected chi connectivity index (χ0v) is 13.8. The molecule has 2 rings (SSSR count). The van der Waals surface area contributed by atoms with Gasteiger partial charge in [-0.15, -0.1) is 0 Å². The molecule has 0 saturated heterocycles. The highest BCUT2D eigenvalue weighted by Crippen LogP contribution is 2.27. The number of aryl methyl sites for hydroxylation is 1. The van der Waals surface area contributed by atoms with Gasteiger partial charge in [-0.1, -0.05) is 35.3 Å². The van der Waals surface area contributed by atoms with Gasteiger partial charge < -0.3 is 15.4 Å². The first kappa shape index (κ1) is 16.5. The third kappa shape index (κ3) is 4.29. The van der Waals surface area contributed by atoms with Crippen molar-refractivity contribution in [3.05, 3.63) is 57.6 Å². The second-order valence-corrected chi connectivity index (χ2v) is 5.58. The van der Waals surface area contributed by atoms with Gasteiger partial charge in [-0.3, -0.25) is 0 Å². The first-order valence-electron chi connectivity index (χ1n) is 6.63. The SMILES string of the molecule is COc1ccc(Cl)cc1NC(=O)NCc1ccc(C)c(Cl)c1. The number of amides is 2. The first-order chi connectivity index (χ1) is 10.5. The summed E-state index contributed by atoms with van der Waals surface area (Å²) in [5.74, 6) is 0.540. The molecule has 0 atom stereocenters. The molecule has 0 aliphatic heterocycles. The summed E-state index contributed by atoms with van der Waals surface area (Å²) in [7, 11) is 1.53. The number of benzene rings is 2. The van der Waals surface area contributed by atoms with Crippen molar-refractivity contribution in [1.29, 1.82) is 0 Å². The molecule has 2 aromatic carbocycles. The van der Waals surface area contributed by atoms with E-state index in [0.29, 0.717) is 28.0 Å². The van der Waals surface area contributed by atoms with Gasteiger partial charge in [-0.25, -0.2) is 4.79 Å². The fraction of sp³-hybridized carbons (Fsp3) is 0.188. The van der Waals surface area contributed by atoms with Gasteiger partial charge in [0.15, 0.2) is 0 Å². The second-order valence-electron chi connectivity index (χ2n) is 4.74. The van der Waals surface area contributed by atoms with Crippen LogP contribution in [0.5, 0.6) is 5.75 Å². The Morgan fingerprint density at radius 1 is 1.18 bits per heavy atom. The molecule has 2 amide bonds. The molecule has 0 aliphatic carbocycles. The van der Waals surface area contributed by atoms with E-state index >= 15 is 0 Å². The Hall–Kier alpha value is -1.91. The van der Waals surface area contributed by atoms with Gasteiger partial charge in [-0.2, -0.15) is 0 Å². The molecular formula is C16H16Cl2N2O2. The smallest absolute Gasteiger partial charge is 0.319 e. The topological polar surface area (TPSA) is 50.4 Å². The summed E-state index contributed by atoms with van der Waals surface area (Å²) in [6, 6.07) is 10.3. The molecule has 0 aromatic heterocycles. The minimum Gasteiger partial charge on any atom is -0.495 e. The Kier molecular flexibility index (Phi) is 5.52. The van der Waals surface area contributed by atoms with E-state index in [1.54, 1.807) is 18.2 Å². The maximum Gasteiger partial charge on any atom is 0.319 e. The quantitative estimate of drug-likeness (QED) is 0.853. The van der Waals surface area contributed by atoms with Crippen LogP contribution in [0, 0.1) is 6.92 Å².